The number of rotatable bonds is 3. The van der Waals surface area contributed by atoms with Crippen LogP contribution < -0.4 is 15.4 Å². The Balaban J connectivity index is 1.82. The number of nitrogens with zero attached hydrogens (tertiary/aromatic N) is 1. The van der Waals surface area contributed by atoms with E-state index in [9.17, 15) is 9.59 Å². The second kappa shape index (κ2) is 5.37. The molecule has 3 rings (SSSR count). The van der Waals surface area contributed by atoms with Crippen LogP contribution in [0, 0.1) is 0 Å². The lowest BCUT2D eigenvalue weighted by atomic mass is 9.90. The van der Waals surface area contributed by atoms with Crippen molar-refractivity contribution < 1.29 is 14.3 Å². The number of para-hydroxylation sites is 1. The van der Waals surface area contributed by atoms with Gasteiger partial charge in [-0.05, 0) is 25.5 Å². The molecule has 0 saturated carbocycles. The van der Waals surface area contributed by atoms with Crippen LogP contribution in [0.1, 0.15) is 18.4 Å². The van der Waals surface area contributed by atoms with E-state index in [2.05, 4.69) is 10.6 Å². The third kappa shape index (κ3) is 2.35. The fraction of sp³-hybridized carbons (Fsp3) is 0.467. The summed E-state index contributed by atoms with van der Waals surface area (Å²) in [4.78, 5) is 26.1. The quantitative estimate of drug-likeness (QED) is 0.810. The largest absolute Gasteiger partial charge is 0.496 e. The topological polar surface area (TPSA) is 70.7 Å². The van der Waals surface area contributed by atoms with Crippen molar-refractivity contribution in [3.63, 3.8) is 0 Å². The molecule has 0 aliphatic carbocycles. The predicted molar refractivity (Wildman–Crippen MR) is 76.9 cm³/mol. The van der Waals surface area contributed by atoms with Crippen molar-refractivity contribution in [2.24, 2.45) is 0 Å². The molecule has 1 atom stereocenters. The van der Waals surface area contributed by atoms with Crippen LogP contribution in [-0.2, 0) is 11.3 Å². The lowest BCUT2D eigenvalue weighted by molar-refractivity contribution is -0.132. The Morgan fingerprint density at radius 1 is 1.33 bits per heavy atom. The summed E-state index contributed by atoms with van der Waals surface area (Å²) in [5.41, 5.74) is 0.0569. The average molecular weight is 289 g/mol. The van der Waals surface area contributed by atoms with Crippen LogP contribution in [0.25, 0.3) is 0 Å². The van der Waals surface area contributed by atoms with Crippen molar-refractivity contribution in [2.45, 2.75) is 24.9 Å². The van der Waals surface area contributed by atoms with Crippen molar-refractivity contribution in [1.82, 2.24) is 15.5 Å². The number of ether oxygens (including phenoxy) is 1. The maximum atomic E-state index is 12.7. The van der Waals surface area contributed by atoms with Crippen LogP contribution in [0.2, 0.25) is 0 Å². The van der Waals surface area contributed by atoms with E-state index in [1.165, 1.54) is 4.90 Å². The molecular weight excluding hydrogens is 270 g/mol. The Kier molecular flexibility index (Phi) is 3.55. The highest BCUT2D eigenvalue weighted by molar-refractivity contribution is 6.07. The second-order valence-corrected chi connectivity index (χ2v) is 5.50. The first kappa shape index (κ1) is 13.9. The van der Waals surface area contributed by atoms with Crippen LogP contribution in [0.3, 0.4) is 0 Å². The molecule has 2 heterocycles. The summed E-state index contributed by atoms with van der Waals surface area (Å²) >= 11 is 0. The number of piperidine rings is 1. The molecule has 6 heteroatoms. The first-order chi connectivity index (χ1) is 10.2. The molecule has 2 N–H and O–H groups in total. The third-order valence-electron chi connectivity index (χ3n) is 4.15. The van der Waals surface area contributed by atoms with Crippen molar-refractivity contribution >= 4 is 11.9 Å². The van der Waals surface area contributed by atoms with E-state index in [0.29, 0.717) is 18.7 Å². The van der Waals surface area contributed by atoms with E-state index in [4.69, 9.17) is 4.74 Å². The van der Waals surface area contributed by atoms with E-state index in [0.717, 1.165) is 18.5 Å². The summed E-state index contributed by atoms with van der Waals surface area (Å²) in [7, 11) is 1.58. The van der Waals surface area contributed by atoms with Crippen molar-refractivity contribution in [3.8, 4) is 5.75 Å². The number of hydrogen-bond acceptors (Lipinski definition) is 4. The number of benzene rings is 1. The molecule has 0 radical (unpaired) electrons. The zero-order chi connectivity index (χ0) is 14.9. The van der Waals surface area contributed by atoms with E-state index < -0.39 is 5.54 Å². The number of carbonyl (C=O) groups excluding carboxylic acids is 2. The number of hydrogen-bond donors (Lipinski definition) is 2. The van der Waals surface area contributed by atoms with Crippen molar-refractivity contribution in [3.05, 3.63) is 29.8 Å². The standard InChI is InChI=1S/C15H19N3O3/c1-21-12-6-3-2-5-11(12)9-18-13(19)15(17-14(18)20)7-4-8-16-10-15/h2-3,5-6,16H,4,7-10H2,1H3,(H,17,20). The van der Waals surface area contributed by atoms with Gasteiger partial charge in [0, 0.05) is 12.1 Å². The summed E-state index contributed by atoms with van der Waals surface area (Å²) in [6.45, 7) is 1.62. The van der Waals surface area contributed by atoms with E-state index in [1.807, 2.05) is 24.3 Å². The Morgan fingerprint density at radius 2 is 2.14 bits per heavy atom. The highest BCUT2D eigenvalue weighted by atomic mass is 16.5. The highest BCUT2D eigenvalue weighted by Gasteiger charge is 2.51. The summed E-state index contributed by atoms with van der Waals surface area (Å²) in [5.74, 6) is 0.534. The van der Waals surface area contributed by atoms with Crippen molar-refractivity contribution in [2.75, 3.05) is 20.2 Å². The molecule has 0 aromatic heterocycles. The van der Waals surface area contributed by atoms with Crippen LogP contribution in [0.15, 0.2) is 24.3 Å². The molecule has 2 aliphatic rings. The van der Waals surface area contributed by atoms with Gasteiger partial charge in [-0.25, -0.2) is 4.79 Å². The monoisotopic (exact) mass is 289 g/mol. The maximum Gasteiger partial charge on any atom is 0.325 e. The highest BCUT2D eigenvalue weighted by Crippen LogP contribution is 2.28. The molecule has 21 heavy (non-hydrogen) atoms. The van der Waals surface area contributed by atoms with E-state index >= 15 is 0 Å². The van der Waals surface area contributed by atoms with E-state index in [-0.39, 0.29) is 18.5 Å². The fourth-order valence-electron chi connectivity index (χ4n) is 3.02. The smallest absolute Gasteiger partial charge is 0.325 e. The number of urea groups is 1. The minimum absolute atomic E-state index is 0.148. The maximum absolute atomic E-state index is 12.7. The van der Waals surface area contributed by atoms with Crippen LogP contribution >= 0.6 is 0 Å². The average Bonchev–Trinajstić information content (AvgIpc) is 2.73. The SMILES string of the molecule is COc1ccccc1CN1C(=O)NC2(CCCNC2)C1=O. The molecule has 6 nitrogen and oxygen atoms in total. The summed E-state index contributed by atoms with van der Waals surface area (Å²) < 4.78 is 5.28. The van der Waals surface area contributed by atoms with Gasteiger partial charge in [-0.1, -0.05) is 18.2 Å². The fourth-order valence-corrected chi connectivity index (χ4v) is 3.02. The minimum Gasteiger partial charge on any atom is -0.496 e. The number of nitrogens with one attached hydrogen (secondary N) is 2. The van der Waals surface area contributed by atoms with Crippen molar-refractivity contribution in [1.29, 1.82) is 0 Å². The van der Waals surface area contributed by atoms with Gasteiger partial charge in [-0.3, -0.25) is 9.69 Å². The van der Waals surface area contributed by atoms with Gasteiger partial charge in [0.2, 0.25) is 0 Å². The zero-order valence-corrected chi connectivity index (χ0v) is 12.0. The zero-order valence-electron chi connectivity index (χ0n) is 12.0. The lowest BCUT2D eigenvalue weighted by Crippen LogP contribution is -2.57. The van der Waals surface area contributed by atoms with Gasteiger partial charge in [0.05, 0.1) is 13.7 Å². The van der Waals surface area contributed by atoms with Crippen LogP contribution in [-0.4, -0.2) is 42.6 Å². The number of carbonyl (C=O) groups is 2. The molecule has 1 spiro atoms. The predicted octanol–water partition coefficient (Wildman–Crippen LogP) is 0.869. The van der Waals surface area contributed by atoms with Crippen LogP contribution in [0.5, 0.6) is 5.75 Å². The van der Waals surface area contributed by atoms with Gasteiger partial charge in [-0.2, -0.15) is 0 Å². The van der Waals surface area contributed by atoms with Gasteiger partial charge >= 0.3 is 6.03 Å². The molecule has 2 fully saturated rings. The molecule has 1 aromatic rings. The number of amides is 3. The molecular formula is C15H19N3O3. The third-order valence-corrected chi connectivity index (χ3v) is 4.15. The normalized spacial score (nSPS) is 25.3. The summed E-state index contributed by atoms with van der Waals surface area (Å²) in [5, 5.41) is 6.05. The Bertz CT molecular complexity index is 567. The second-order valence-electron chi connectivity index (χ2n) is 5.50. The molecule has 1 aromatic carbocycles. The Labute approximate surface area is 123 Å². The van der Waals surface area contributed by atoms with Gasteiger partial charge in [-0.15, -0.1) is 0 Å². The summed E-state index contributed by atoms with van der Waals surface area (Å²) in [6, 6.07) is 7.10. The first-order valence-electron chi connectivity index (χ1n) is 7.13. The summed E-state index contributed by atoms with van der Waals surface area (Å²) in [6.07, 6.45) is 1.57. The van der Waals surface area contributed by atoms with Gasteiger partial charge in [0.25, 0.3) is 5.91 Å². The molecule has 1 unspecified atom stereocenters. The molecule has 3 amide bonds. The molecule has 0 bridgehead atoms. The number of methoxy groups -OCH3 is 1. The Morgan fingerprint density at radius 3 is 2.86 bits per heavy atom. The van der Waals surface area contributed by atoms with Gasteiger partial charge in [0.15, 0.2) is 0 Å². The lowest BCUT2D eigenvalue weighted by Gasteiger charge is -2.31. The molecule has 112 valence electrons. The Hall–Kier alpha value is -2.08. The first-order valence-corrected chi connectivity index (χ1v) is 7.13. The van der Waals surface area contributed by atoms with Gasteiger partial charge in [0.1, 0.15) is 11.3 Å². The number of imide groups is 1. The minimum atomic E-state index is -0.767. The van der Waals surface area contributed by atoms with Crippen LogP contribution in [0.4, 0.5) is 4.79 Å². The van der Waals surface area contributed by atoms with Gasteiger partial charge < -0.3 is 15.4 Å². The van der Waals surface area contributed by atoms with E-state index in [1.54, 1.807) is 7.11 Å². The molecule has 2 saturated heterocycles. The molecule has 2 aliphatic heterocycles.